The number of ether oxygens (including phenoxy) is 2. The van der Waals surface area contributed by atoms with Crippen LogP contribution in [-0.4, -0.2) is 47.6 Å². The predicted molar refractivity (Wildman–Crippen MR) is 91.7 cm³/mol. The van der Waals surface area contributed by atoms with Crippen molar-refractivity contribution in [2.24, 2.45) is 0 Å². The highest BCUT2D eigenvalue weighted by atomic mass is 19.1. The first-order valence-corrected chi connectivity index (χ1v) is 8.22. The average molecular weight is 361 g/mol. The van der Waals surface area contributed by atoms with Crippen molar-refractivity contribution < 1.29 is 28.9 Å². The van der Waals surface area contributed by atoms with Crippen molar-refractivity contribution in [2.75, 3.05) is 7.11 Å². The molecule has 6 nitrogen and oxygen atoms in total. The maximum Gasteiger partial charge on any atom is 0.254 e. The third-order valence-corrected chi connectivity index (χ3v) is 4.39. The number of aliphatic hydroxyl groups excluding tert-OH is 2. The smallest absolute Gasteiger partial charge is 0.254 e. The molecule has 1 aliphatic carbocycles. The Morgan fingerprint density at radius 3 is 2.58 bits per heavy atom. The standard InChI is InChI=1S/C19H20FNO5/c1-25-11-5-4-6-12(9-11)26-16-10-15(17(22)18(16)23)21-19(24)13-7-2-3-8-14(13)20/h2-9,15-18,22-23H,10H2,1H3,(H,21,24)/t15-,16-,17+,18+/m1/s1. The van der Waals surface area contributed by atoms with Crippen molar-refractivity contribution in [2.45, 2.75) is 30.8 Å². The van der Waals surface area contributed by atoms with Crippen LogP contribution in [0.4, 0.5) is 4.39 Å². The van der Waals surface area contributed by atoms with Crippen LogP contribution in [-0.2, 0) is 0 Å². The fourth-order valence-electron chi connectivity index (χ4n) is 2.99. The van der Waals surface area contributed by atoms with E-state index in [-0.39, 0.29) is 12.0 Å². The van der Waals surface area contributed by atoms with Crippen LogP contribution in [0, 0.1) is 5.82 Å². The maximum absolute atomic E-state index is 13.7. The number of amides is 1. The minimum absolute atomic E-state index is 0.119. The van der Waals surface area contributed by atoms with Crippen LogP contribution in [0.25, 0.3) is 0 Å². The predicted octanol–water partition coefficient (Wildman–Crippen LogP) is 1.51. The molecule has 138 valence electrons. The van der Waals surface area contributed by atoms with Gasteiger partial charge < -0.3 is 25.0 Å². The topological polar surface area (TPSA) is 88.0 Å². The van der Waals surface area contributed by atoms with Crippen molar-refractivity contribution in [1.29, 1.82) is 0 Å². The molecule has 0 bridgehead atoms. The molecular weight excluding hydrogens is 341 g/mol. The van der Waals surface area contributed by atoms with Gasteiger partial charge in [-0.2, -0.15) is 0 Å². The van der Waals surface area contributed by atoms with E-state index in [9.17, 15) is 19.4 Å². The van der Waals surface area contributed by atoms with Crippen LogP contribution in [0.2, 0.25) is 0 Å². The van der Waals surface area contributed by atoms with Gasteiger partial charge in [0.25, 0.3) is 5.91 Å². The van der Waals surface area contributed by atoms with E-state index in [0.717, 1.165) is 0 Å². The number of rotatable bonds is 5. The van der Waals surface area contributed by atoms with E-state index in [4.69, 9.17) is 9.47 Å². The van der Waals surface area contributed by atoms with Gasteiger partial charge in [0, 0.05) is 12.5 Å². The van der Waals surface area contributed by atoms with Crippen LogP contribution in [0.15, 0.2) is 48.5 Å². The molecule has 0 radical (unpaired) electrons. The zero-order valence-electron chi connectivity index (χ0n) is 14.1. The molecule has 3 N–H and O–H groups in total. The second-order valence-corrected chi connectivity index (χ2v) is 6.11. The molecule has 0 unspecified atom stereocenters. The Morgan fingerprint density at radius 2 is 1.85 bits per heavy atom. The first kappa shape index (κ1) is 18.2. The third kappa shape index (κ3) is 3.79. The Labute approximate surface area is 150 Å². The zero-order chi connectivity index (χ0) is 18.7. The zero-order valence-corrected chi connectivity index (χ0v) is 14.1. The number of carbonyl (C=O) groups is 1. The molecule has 1 aliphatic rings. The summed E-state index contributed by atoms with van der Waals surface area (Å²) in [5.74, 6) is -0.231. The van der Waals surface area contributed by atoms with Crippen molar-refractivity contribution >= 4 is 5.91 Å². The molecule has 1 fully saturated rings. The van der Waals surface area contributed by atoms with Crippen LogP contribution >= 0.6 is 0 Å². The van der Waals surface area contributed by atoms with Gasteiger partial charge >= 0.3 is 0 Å². The normalized spacial score (nSPS) is 24.9. The summed E-state index contributed by atoms with van der Waals surface area (Å²) in [6.07, 6.45) is -2.95. The molecule has 1 saturated carbocycles. The van der Waals surface area contributed by atoms with Gasteiger partial charge in [0.2, 0.25) is 0 Å². The molecule has 0 heterocycles. The summed E-state index contributed by atoms with van der Waals surface area (Å²) in [5, 5.41) is 23.0. The van der Waals surface area contributed by atoms with Gasteiger partial charge in [-0.05, 0) is 24.3 Å². The molecule has 4 atom stereocenters. The molecule has 3 rings (SSSR count). The van der Waals surface area contributed by atoms with Crippen molar-refractivity contribution in [3.8, 4) is 11.5 Å². The van der Waals surface area contributed by atoms with Gasteiger partial charge in [-0.25, -0.2) is 4.39 Å². The van der Waals surface area contributed by atoms with E-state index >= 15 is 0 Å². The summed E-state index contributed by atoms with van der Waals surface area (Å²) < 4.78 is 24.6. The van der Waals surface area contributed by atoms with Gasteiger partial charge in [0.1, 0.15) is 35.6 Å². The molecule has 0 aromatic heterocycles. The molecule has 2 aromatic rings. The number of halogens is 1. The second-order valence-electron chi connectivity index (χ2n) is 6.11. The number of benzene rings is 2. The summed E-state index contributed by atoms with van der Waals surface area (Å²) in [5.41, 5.74) is -0.119. The highest BCUT2D eigenvalue weighted by Gasteiger charge is 2.44. The minimum Gasteiger partial charge on any atom is -0.497 e. The van der Waals surface area contributed by atoms with Gasteiger partial charge in [-0.3, -0.25) is 4.79 Å². The molecule has 2 aromatic carbocycles. The summed E-state index contributed by atoms with van der Waals surface area (Å²) in [6, 6.07) is 11.7. The number of hydrogen-bond acceptors (Lipinski definition) is 5. The van der Waals surface area contributed by atoms with Gasteiger partial charge in [-0.15, -0.1) is 0 Å². The van der Waals surface area contributed by atoms with E-state index in [2.05, 4.69) is 5.32 Å². The lowest BCUT2D eigenvalue weighted by Gasteiger charge is -2.18. The van der Waals surface area contributed by atoms with Crippen molar-refractivity contribution in [1.82, 2.24) is 5.32 Å². The SMILES string of the molecule is COc1cccc(O[C@@H]2C[C@@H](NC(=O)c3ccccc3F)[C@H](O)[C@H]2O)c1. The van der Waals surface area contributed by atoms with E-state index in [0.29, 0.717) is 11.5 Å². The number of hydrogen-bond donors (Lipinski definition) is 3. The second kappa shape index (κ2) is 7.72. The molecule has 0 spiro atoms. The maximum atomic E-state index is 13.7. The Kier molecular flexibility index (Phi) is 5.39. The lowest BCUT2D eigenvalue weighted by molar-refractivity contribution is -0.0135. The van der Waals surface area contributed by atoms with Crippen molar-refractivity contribution in [3.05, 3.63) is 59.9 Å². The number of methoxy groups -OCH3 is 1. The Balaban J connectivity index is 1.67. The van der Waals surface area contributed by atoms with Crippen LogP contribution in [0.5, 0.6) is 11.5 Å². The first-order valence-electron chi connectivity index (χ1n) is 8.22. The van der Waals surface area contributed by atoms with Crippen LogP contribution < -0.4 is 14.8 Å². The lowest BCUT2D eigenvalue weighted by Crippen LogP contribution is -2.43. The Hall–Kier alpha value is -2.64. The molecule has 1 amide bonds. The Bertz CT molecular complexity index is 784. The van der Waals surface area contributed by atoms with Gasteiger partial charge in [0.05, 0.1) is 18.7 Å². The van der Waals surface area contributed by atoms with Crippen molar-refractivity contribution in [3.63, 3.8) is 0 Å². The molecule has 0 aliphatic heterocycles. The van der Waals surface area contributed by atoms with E-state index < -0.39 is 36.1 Å². The highest BCUT2D eigenvalue weighted by molar-refractivity contribution is 5.94. The summed E-state index contributed by atoms with van der Waals surface area (Å²) in [7, 11) is 1.53. The molecular formula is C19H20FNO5. The summed E-state index contributed by atoms with van der Waals surface area (Å²) in [4.78, 5) is 12.2. The lowest BCUT2D eigenvalue weighted by atomic mass is 10.1. The van der Waals surface area contributed by atoms with E-state index in [1.165, 1.54) is 25.3 Å². The molecule has 7 heteroatoms. The van der Waals surface area contributed by atoms with Crippen LogP contribution in [0.3, 0.4) is 0 Å². The van der Waals surface area contributed by atoms with Gasteiger partial charge in [0.15, 0.2) is 0 Å². The Morgan fingerprint density at radius 1 is 1.12 bits per heavy atom. The van der Waals surface area contributed by atoms with Crippen LogP contribution in [0.1, 0.15) is 16.8 Å². The number of aliphatic hydroxyl groups is 2. The van der Waals surface area contributed by atoms with Gasteiger partial charge in [-0.1, -0.05) is 18.2 Å². The van der Waals surface area contributed by atoms with E-state index in [1.807, 2.05) is 0 Å². The number of carbonyl (C=O) groups excluding carboxylic acids is 1. The summed E-state index contributed by atoms with van der Waals surface area (Å²) >= 11 is 0. The third-order valence-electron chi connectivity index (χ3n) is 4.39. The number of nitrogens with one attached hydrogen (secondary N) is 1. The summed E-state index contributed by atoms with van der Waals surface area (Å²) in [6.45, 7) is 0. The average Bonchev–Trinajstić information content (AvgIpc) is 2.90. The molecule has 26 heavy (non-hydrogen) atoms. The quantitative estimate of drug-likeness (QED) is 0.751. The molecule has 0 saturated heterocycles. The largest absolute Gasteiger partial charge is 0.497 e. The fraction of sp³-hybridized carbons (Fsp3) is 0.316. The fourth-order valence-corrected chi connectivity index (χ4v) is 2.99. The minimum atomic E-state index is -1.22. The monoisotopic (exact) mass is 361 g/mol. The highest BCUT2D eigenvalue weighted by Crippen LogP contribution is 2.28. The van der Waals surface area contributed by atoms with E-state index in [1.54, 1.807) is 30.3 Å². The first-order chi connectivity index (χ1) is 12.5.